The van der Waals surface area contributed by atoms with Crippen LogP contribution in [0.5, 0.6) is 17.2 Å². The minimum absolute atomic E-state index is 0.0517. The van der Waals surface area contributed by atoms with Gasteiger partial charge < -0.3 is 45.4 Å². The maximum Gasteiger partial charge on any atom is 0.256 e. The number of aliphatic hydroxyl groups excluding tert-OH is 1. The zero-order chi connectivity index (χ0) is 40.6. The molecule has 0 spiro atoms. The average molecular weight is 783 g/mol. The van der Waals surface area contributed by atoms with Gasteiger partial charge in [0.25, 0.3) is 11.8 Å². The van der Waals surface area contributed by atoms with Crippen molar-refractivity contribution in [3.63, 3.8) is 0 Å². The van der Waals surface area contributed by atoms with Crippen molar-refractivity contribution in [1.29, 1.82) is 0 Å². The molecular formula is C44H58N4O7Si. The van der Waals surface area contributed by atoms with Crippen molar-refractivity contribution in [2.45, 2.75) is 84.2 Å². The van der Waals surface area contributed by atoms with Crippen molar-refractivity contribution >= 4 is 31.5 Å². The summed E-state index contributed by atoms with van der Waals surface area (Å²) in [4.78, 5) is 31.0. The molecule has 1 aliphatic rings. The Kier molecular flexibility index (Phi) is 13.7. The molecule has 0 saturated carbocycles. The highest BCUT2D eigenvalue weighted by molar-refractivity contribution is 6.74. The van der Waals surface area contributed by atoms with Crippen LogP contribution in [0.3, 0.4) is 0 Å². The number of benzene rings is 4. The van der Waals surface area contributed by atoms with E-state index in [0.717, 1.165) is 23.1 Å². The average Bonchev–Trinajstić information content (AvgIpc) is 3.16. The highest BCUT2D eigenvalue weighted by atomic mass is 28.4. The van der Waals surface area contributed by atoms with E-state index in [-0.39, 0.29) is 66.1 Å². The quantitative estimate of drug-likeness (QED) is 0.0399. The van der Waals surface area contributed by atoms with Crippen molar-refractivity contribution in [2.24, 2.45) is 0 Å². The molecule has 4 aromatic rings. The molecule has 0 saturated heterocycles. The minimum atomic E-state index is -2.04. The normalized spacial score (nSPS) is 14.3. The van der Waals surface area contributed by atoms with E-state index < -0.39 is 14.2 Å². The highest BCUT2D eigenvalue weighted by Gasteiger charge is 2.39. The summed E-state index contributed by atoms with van der Waals surface area (Å²) in [7, 11) is -2.04. The number of nitrogens with two attached hydrogens (primary N) is 2. The number of aryl methyl sites for hydroxylation is 1. The van der Waals surface area contributed by atoms with Gasteiger partial charge in [0.05, 0.1) is 43.6 Å². The van der Waals surface area contributed by atoms with Crippen LogP contribution >= 0.6 is 0 Å². The van der Waals surface area contributed by atoms with Gasteiger partial charge in [0, 0.05) is 49.6 Å². The number of hydrogen-bond acceptors (Lipinski definition) is 9. The molecule has 2 amide bonds. The van der Waals surface area contributed by atoms with Gasteiger partial charge in [-0.05, 0) is 71.4 Å². The third-order valence-electron chi connectivity index (χ3n) is 11.0. The smallest absolute Gasteiger partial charge is 0.256 e. The number of phenols is 1. The maximum atomic E-state index is 14.1. The van der Waals surface area contributed by atoms with E-state index >= 15 is 0 Å². The summed E-state index contributed by atoms with van der Waals surface area (Å²) in [5, 5.41) is 20.5. The van der Waals surface area contributed by atoms with Crippen LogP contribution in [0.2, 0.25) is 18.1 Å². The zero-order valence-corrected chi connectivity index (χ0v) is 34.6. The molecule has 5 rings (SSSR count). The van der Waals surface area contributed by atoms with Gasteiger partial charge in [-0.2, -0.15) is 0 Å². The van der Waals surface area contributed by atoms with Crippen LogP contribution < -0.4 is 20.9 Å². The summed E-state index contributed by atoms with van der Waals surface area (Å²) in [5.41, 5.74) is 18.2. The van der Waals surface area contributed by atoms with E-state index in [0.29, 0.717) is 49.5 Å². The zero-order valence-electron chi connectivity index (χ0n) is 33.6. The van der Waals surface area contributed by atoms with Crippen LogP contribution in [0.1, 0.15) is 77.1 Å². The Labute approximate surface area is 332 Å². The van der Waals surface area contributed by atoms with Gasteiger partial charge in [0.1, 0.15) is 5.75 Å². The molecule has 300 valence electrons. The lowest BCUT2D eigenvalue weighted by Crippen LogP contribution is -2.50. The summed E-state index contributed by atoms with van der Waals surface area (Å²) < 4.78 is 18.4. The number of anilines is 2. The van der Waals surface area contributed by atoms with Crippen molar-refractivity contribution in [1.82, 2.24) is 9.80 Å². The Morgan fingerprint density at radius 3 is 2.23 bits per heavy atom. The molecule has 11 nitrogen and oxygen atoms in total. The second kappa shape index (κ2) is 18.3. The Morgan fingerprint density at radius 1 is 0.893 bits per heavy atom. The van der Waals surface area contributed by atoms with Crippen LogP contribution in [0.25, 0.3) is 0 Å². The molecule has 6 N–H and O–H groups in total. The van der Waals surface area contributed by atoms with E-state index in [9.17, 15) is 19.8 Å². The fraction of sp³-hybridized carbons (Fsp3) is 0.409. The third kappa shape index (κ3) is 10.0. The van der Waals surface area contributed by atoms with E-state index in [1.807, 2.05) is 48.2 Å². The second-order valence-corrected chi connectivity index (χ2v) is 20.7. The van der Waals surface area contributed by atoms with Gasteiger partial charge in [-0.1, -0.05) is 76.2 Å². The third-order valence-corrected chi connectivity index (χ3v) is 15.5. The van der Waals surface area contributed by atoms with Crippen molar-refractivity contribution < 1.29 is 33.7 Å². The van der Waals surface area contributed by atoms with Crippen LogP contribution in [0.15, 0.2) is 78.9 Å². The molecule has 0 aliphatic carbocycles. The molecule has 12 heteroatoms. The number of carbonyl (C=O) groups excluding carboxylic acids is 2. The number of aliphatic hydroxyl groups is 1. The number of amides is 2. The van der Waals surface area contributed by atoms with Crippen LogP contribution in [-0.4, -0.2) is 79.2 Å². The van der Waals surface area contributed by atoms with Gasteiger partial charge in [-0.3, -0.25) is 9.59 Å². The molecule has 0 bridgehead atoms. The number of aromatic hydroxyl groups is 1. The number of phenolic OH excluding ortho intramolecular Hbond substituents is 1. The lowest BCUT2D eigenvalue weighted by atomic mass is 9.93. The number of fused-ring (bicyclic) bond motifs is 1. The molecule has 0 aromatic heterocycles. The molecule has 0 fully saturated rings. The number of carbonyl (C=O) groups is 2. The minimum Gasteiger partial charge on any atom is -0.504 e. The Bertz CT molecular complexity index is 2000. The molecule has 1 heterocycles. The molecule has 1 aliphatic heterocycles. The van der Waals surface area contributed by atoms with Gasteiger partial charge in [-0.25, -0.2) is 0 Å². The molecule has 1 unspecified atom stereocenters. The molecule has 4 aromatic carbocycles. The number of hydrogen-bond donors (Lipinski definition) is 4. The van der Waals surface area contributed by atoms with E-state index in [1.54, 1.807) is 18.2 Å². The summed E-state index contributed by atoms with van der Waals surface area (Å²) in [6, 6.07) is 23.8. The van der Waals surface area contributed by atoms with Crippen LogP contribution in [-0.2, 0) is 30.4 Å². The molecule has 1 atom stereocenters. The van der Waals surface area contributed by atoms with E-state index in [2.05, 4.69) is 46.0 Å². The number of rotatable bonds is 16. The van der Waals surface area contributed by atoms with Crippen molar-refractivity contribution in [3.8, 4) is 17.2 Å². The predicted molar refractivity (Wildman–Crippen MR) is 224 cm³/mol. The number of nitrogens with zero attached hydrogens (tertiary/aromatic N) is 2. The first-order chi connectivity index (χ1) is 26.6. The lowest BCUT2D eigenvalue weighted by Gasteiger charge is -2.41. The largest absolute Gasteiger partial charge is 0.504 e. The number of nitrogen functional groups attached to an aromatic ring is 2. The monoisotopic (exact) mass is 782 g/mol. The fourth-order valence-electron chi connectivity index (χ4n) is 6.60. The Hall–Kier alpha value is -5.04. The molecular weight excluding hydrogens is 725 g/mol. The van der Waals surface area contributed by atoms with Gasteiger partial charge >= 0.3 is 0 Å². The highest BCUT2D eigenvalue weighted by Crippen LogP contribution is 2.38. The Morgan fingerprint density at radius 2 is 1.55 bits per heavy atom. The first kappa shape index (κ1) is 42.1. The van der Waals surface area contributed by atoms with E-state index in [1.165, 1.54) is 22.6 Å². The van der Waals surface area contributed by atoms with Crippen molar-refractivity contribution in [3.05, 3.63) is 112 Å². The van der Waals surface area contributed by atoms with Crippen LogP contribution in [0.4, 0.5) is 11.4 Å². The SMILES string of the molecule is CCc1ccccc1CN(CCO)C(=O)c1cc(O)c(OCCCOc2ccc(C(=O)N3Cc4ccccc4CC3CO[Si](C)(C)C(C)(C)C)c(N)c2)cc1N. The topological polar surface area (TPSA) is 161 Å². The second-order valence-electron chi connectivity index (χ2n) is 15.9. The van der Waals surface area contributed by atoms with E-state index in [4.69, 9.17) is 25.4 Å². The van der Waals surface area contributed by atoms with Crippen LogP contribution in [0, 0.1) is 0 Å². The fourth-order valence-corrected chi connectivity index (χ4v) is 7.64. The molecule has 0 radical (unpaired) electrons. The van der Waals surface area contributed by atoms with Gasteiger partial charge in [0.15, 0.2) is 19.8 Å². The first-order valence-electron chi connectivity index (χ1n) is 19.4. The Balaban J connectivity index is 1.17. The summed E-state index contributed by atoms with van der Waals surface area (Å²) in [6.07, 6.45) is 1.98. The number of ether oxygens (including phenoxy) is 2. The standard InChI is InChI=1S/C44H58N4O7Si/c1-7-30-13-8-10-15-32(30)27-47(19-20-49)42(51)37-25-40(50)41(26-39(37)46)54-22-12-21-53-35-17-18-36(38(45)24-35)43(52)48-28-33-16-11-9-14-31(33)23-34(48)29-55-56(5,6)44(2,3)4/h8-11,13-18,24-26,34,49-50H,7,12,19-23,27-29,45-46H2,1-6H3. The summed E-state index contributed by atoms with van der Waals surface area (Å²) >= 11 is 0. The predicted octanol–water partition coefficient (Wildman–Crippen LogP) is 7.19. The first-order valence-corrected chi connectivity index (χ1v) is 22.3. The lowest BCUT2D eigenvalue weighted by molar-refractivity contribution is 0.0555. The van der Waals surface area contributed by atoms with Gasteiger partial charge in [-0.15, -0.1) is 0 Å². The molecule has 56 heavy (non-hydrogen) atoms. The van der Waals surface area contributed by atoms with Gasteiger partial charge in [0.2, 0.25) is 0 Å². The maximum absolute atomic E-state index is 14.1. The summed E-state index contributed by atoms with van der Waals surface area (Å²) in [5.74, 6) is -0.105. The summed E-state index contributed by atoms with van der Waals surface area (Å²) in [6.45, 7) is 14.8. The van der Waals surface area contributed by atoms with Crippen molar-refractivity contribution in [2.75, 3.05) is 44.4 Å².